The predicted octanol–water partition coefficient (Wildman–Crippen LogP) is 1.34. The number of benzene rings is 1. The number of hydrogen-bond acceptors (Lipinski definition) is 5. The van der Waals surface area contributed by atoms with Crippen molar-refractivity contribution in [1.29, 1.82) is 0 Å². The molecule has 0 saturated heterocycles. The standard InChI is InChI=1S/C13H16N4O2S/c1-9(12(18)19)20-13-16-15-11(17(13)14)8-7-10-5-3-2-4-6-10/h2-6,9H,7-8,14H2,1H3,(H,18,19). The van der Waals surface area contributed by atoms with Gasteiger partial charge in [0.1, 0.15) is 5.25 Å². The Bertz CT molecular complexity index is 585. The zero-order chi connectivity index (χ0) is 14.5. The van der Waals surface area contributed by atoms with Crippen LogP contribution in [-0.2, 0) is 17.6 Å². The Labute approximate surface area is 121 Å². The topological polar surface area (TPSA) is 94.0 Å². The van der Waals surface area contributed by atoms with Gasteiger partial charge in [0.05, 0.1) is 0 Å². The zero-order valence-electron chi connectivity index (χ0n) is 11.1. The molecule has 1 heterocycles. The highest BCUT2D eigenvalue weighted by molar-refractivity contribution is 8.00. The molecule has 106 valence electrons. The third-order valence-electron chi connectivity index (χ3n) is 2.85. The van der Waals surface area contributed by atoms with Gasteiger partial charge in [0.2, 0.25) is 5.16 Å². The molecule has 7 heteroatoms. The SMILES string of the molecule is CC(Sc1nnc(CCc2ccccc2)n1N)C(=O)O. The molecular weight excluding hydrogens is 276 g/mol. The fraction of sp³-hybridized carbons (Fsp3) is 0.308. The Hall–Kier alpha value is -2.02. The predicted molar refractivity (Wildman–Crippen MR) is 77.0 cm³/mol. The lowest BCUT2D eigenvalue weighted by molar-refractivity contribution is -0.136. The Kier molecular flexibility index (Phi) is 4.62. The first-order chi connectivity index (χ1) is 9.58. The number of rotatable bonds is 6. The zero-order valence-corrected chi connectivity index (χ0v) is 11.9. The lowest BCUT2D eigenvalue weighted by Gasteiger charge is -2.06. The molecule has 0 aliphatic heterocycles. The van der Waals surface area contributed by atoms with Gasteiger partial charge >= 0.3 is 5.97 Å². The van der Waals surface area contributed by atoms with Crippen LogP contribution in [0.1, 0.15) is 18.3 Å². The molecule has 1 unspecified atom stereocenters. The maximum atomic E-state index is 10.8. The molecule has 6 nitrogen and oxygen atoms in total. The van der Waals surface area contributed by atoms with Crippen LogP contribution in [0.15, 0.2) is 35.5 Å². The first-order valence-electron chi connectivity index (χ1n) is 6.20. The lowest BCUT2D eigenvalue weighted by Crippen LogP contribution is -2.18. The number of hydrogen-bond donors (Lipinski definition) is 2. The van der Waals surface area contributed by atoms with Crippen molar-refractivity contribution in [2.24, 2.45) is 0 Å². The van der Waals surface area contributed by atoms with Crippen LogP contribution in [0.3, 0.4) is 0 Å². The average Bonchev–Trinajstić information content (AvgIpc) is 2.78. The summed E-state index contributed by atoms with van der Waals surface area (Å²) >= 11 is 1.09. The van der Waals surface area contributed by atoms with E-state index < -0.39 is 11.2 Å². The van der Waals surface area contributed by atoms with Crippen molar-refractivity contribution in [3.05, 3.63) is 41.7 Å². The minimum absolute atomic E-state index is 0.419. The quantitative estimate of drug-likeness (QED) is 0.616. The molecule has 0 saturated carbocycles. The molecule has 0 amide bonds. The number of carboxylic acids is 1. The van der Waals surface area contributed by atoms with Crippen molar-refractivity contribution in [2.75, 3.05) is 5.84 Å². The summed E-state index contributed by atoms with van der Waals surface area (Å²) in [7, 11) is 0. The molecule has 0 radical (unpaired) electrons. The number of carboxylic acid groups (broad SMARTS) is 1. The number of carbonyl (C=O) groups is 1. The molecular formula is C13H16N4O2S. The van der Waals surface area contributed by atoms with Crippen molar-refractivity contribution < 1.29 is 9.90 Å². The van der Waals surface area contributed by atoms with Crippen molar-refractivity contribution in [1.82, 2.24) is 14.9 Å². The van der Waals surface area contributed by atoms with Gasteiger partial charge in [0, 0.05) is 6.42 Å². The number of aromatic nitrogens is 3. The van der Waals surface area contributed by atoms with Gasteiger partial charge in [-0.05, 0) is 18.9 Å². The van der Waals surface area contributed by atoms with E-state index >= 15 is 0 Å². The van der Waals surface area contributed by atoms with Gasteiger partial charge in [-0.3, -0.25) is 4.79 Å². The number of nitrogens with zero attached hydrogens (tertiary/aromatic N) is 3. The highest BCUT2D eigenvalue weighted by atomic mass is 32.2. The molecule has 1 atom stereocenters. The first-order valence-corrected chi connectivity index (χ1v) is 7.08. The van der Waals surface area contributed by atoms with Gasteiger partial charge in [-0.25, -0.2) is 4.68 Å². The highest BCUT2D eigenvalue weighted by Gasteiger charge is 2.18. The molecule has 0 spiro atoms. The monoisotopic (exact) mass is 292 g/mol. The molecule has 0 aliphatic carbocycles. The smallest absolute Gasteiger partial charge is 0.316 e. The van der Waals surface area contributed by atoms with Crippen molar-refractivity contribution in [3.63, 3.8) is 0 Å². The van der Waals surface area contributed by atoms with E-state index in [1.807, 2.05) is 30.3 Å². The Balaban J connectivity index is 2.00. The summed E-state index contributed by atoms with van der Waals surface area (Å²) in [6.45, 7) is 1.59. The van der Waals surface area contributed by atoms with Gasteiger partial charge in [-0.2, -0.15) is 0 Å². The second-order valence-electron chi connectivity index (χ2n) is 4.35. The van der Waals surface area contributed by atoms with E-state index in [1.165, 1.54) is 10.2 Å². The van der Waals surface area contributed by atoms with Crippen LogP contribution in [0.2, 0.25) is 0 Å². The van der Waals surface area contributed by atoms with Crippen LogP contribution in [0.4, 0.5) is 0 Å². The van der Waals surface area contributed by atoms with E-state index in [1.54, 1.807) is 6.92 Å². The van der Waals surface area contributed by atoms with E-state index in [-0.39, 0.29) is 0 Å². The number of aliphatic carboxylic acids is 1. The van der Waals surface area contributed by atoms with E-state index in [9.17, 15) is 4.79 Å². The average molecular weight is 292 g/mol. The Morgan fingerprint density at radius 2 is 2.05 bits per heavy atom. The maximum absolute atomic E-state index is 10.8. The fourth-order valence-corrected chi connectivity index (χ4v) is 2.39. The largest absolute Gasteiger partial charge is 0.480 e. The van der Waals surface area contributed by atoms with Gasteiger partial charge < -0.3 is 10.9 Å². The van der Waals surface area contributed by atoms with Crippen molar-refractivity contribution >= 4 is 17.7 Å². The second kappa shape index (κ2) is 6.42. The molecule has 2 aromatic rings. The van der Waals surface area contributed by atoms with Crippen LogP contribution in [0.25, 0.3) is 0 Å². The lowest BCUT2D eigenvalue weighted by atomic mass is 10.1. The number of nitrogens with two attached hydrogens (primary N) is 1. The summed E-state index contributed by atoms with van der Waals surface area (Å²) in [6, 6.07) is 10.0. The third-order valence-corrected chi connectivity index (χ3v) is 3.89. The Morgan fingerprint density at radius 3 is 2.70 bits per heavy atom. The van der Waals surface area contributed by atoms with E-state index in [0.29, 0.717) is 17.4 Å². The second-order valence-corrected chi connectivity index (χ2v) is 5.66. The normalized spacial score (nSPS) is 12.2. The van der Waals surface area contributed by atoms with Gasteiger partial charge in [0.15, 0.2) is 5.82 Å². The molecule has 1 aromatic carbocycles. The number of thioether (sulfide) groups is 1. The first kappa shape index (κ1) is 14.4. The summed E-state index contributed by atoms with van der Waals surface area (Å²) < 4.78 is 1.37. The van der Waals surface area contributed by atoms with Crippen LogP contribution in [-0.4, -0.2) is 31.2 Å². The molecule has 20 heavy (non-hydrogen) atoms. The van der Waals surface area contributed by atoms with Crippen molar-refractivity contribution in [3.8, 4) is 0 Å². The summed E-state index contributed by atoms with van der Waals surface area (Å²) in [4.78, 5) is 10.8. The summed E-state index contributed by atoms with van der Waals surface area (Å²) in [5.74, 6) is 5.64. The van der Waals surface area contributed by atoms with Gasteiger partial charge in [-0.1, -0.05) is 42.1 Å². The van der Waals surface area contributed by atoms with Crippen molar-refractivity contribution in [2.45, 2.75) is 30.2 Å². The van der Waals surface area contributed by atoms with Crippen LogP contribution in [0, 0.1) is 0 Å². The number of aryl methyl sites for hydroxylation is 2. The summed E-state index contributed by atoms with van der Waals surface area (Å²) in [6.07, 6.45) is 1.48. The molecule has 0 aliphatic rings. The molecule has 0 bridgehead atoms. The third kappa shape index (κ3) is 3.51. The van der Waals surface area contributed by atoms with Crippen LogP contribution < -0.4 is 5.84 Å². The summed E-state index contributed by atoms with van der Waals surface area (Å²) in [5.41, 5.74) is 1.20. The van der Waals surface area contributed by atoms with E-state index in [2.05, 4.69) is 10.2 Å². The molecule has 2 rings (SSSR count). The minimum Gasteiger partial charge on any atom is -0.480 e. The Morgan fingerprint density at radius 1 is 1.35 bits per heavy atom. The highest BCUT2D eigenvalue weighted by Crippen LogP contribution is 2.20. The molecule has 1 aromatic heterocycles. The minimum atomic E-state index is -0.899. The van der Waals surface area contributed by atoms with E-state index in [0.717, 1.165) is 18.2 Å². The van der Waals surface area contributed by atoms with Gasteiger partial charge in [0.25, 0.3) is 0 Å². The van der Waals surface area contributed by atoms with Gasteiger partial charge in [-0.15, -0.1) is 10.2 Å². The summed E-state index contributed by atoms with van der Waals surface area (Å²) in [5, 5.41) is 16.6. The van der Waals surface area contributed by atoms with Crippen LogP contribution in [0.5, 0.6) is 0 Å². The molecule has 3 N–H and O–H groups in total. The van der Waals surface area contributed by atoms with Crippen LogP contribution >= 0.6 is 11.8 Å². The number of nitrogen functional groups attached to an aromatic ring is 1. The fourth-order valence-electron chi connectivity index (χ4n) is 1.67. The van der Waals surface area contributed by atoms with E-state index in [4.69, 9.17) is 10.9 Å². The maximum Gasteiger partial charge on any atom is 0.316 e. The molecule has 0 fully saturated rings.